The number of fused-ring (bicyclic) bond motifs is 2. The summed E-state index contributed by atoms with van der Waals surface area (Å²) < 4.78 is 1.81. The molecule has 1 aliphatic rings. The number of amides is 2. The number of hydrogen-bond donors (Lipinski definition) is 2. The highest BCUT2D eigenvalue weighted by molar-refractivity contribution is 7.35. The smallest absolute Gasteiger partial charge is 0.256 e. The first-order valence-corrected chi connectivity index (χ1v) is 10.6. The van der Waals surface area contributed by atoms with E-state index >= 15 is 0 Å². The van der Waals surface area contributed by atoms with E-state index in [4.69, 9.17) is 11.5 Å². The van der Waals surface area contributed by atoms with Crippen molar-refractivity contribution in [3.8, 4) is 17.2 Å². The Hall–Kier alpha value is -3.69. The molecule has 2 amide bonds. The van der Waals surface area contributed by atoms with Gasteiger partial charge in [-0.2, -0.15) is 10.4 Å². The summed E-state index contributed by atoms with van der Waals surface area (Å²) in [6, 6.07) is 11.5. The molecule has 4 N–H and O–H groups in total. The molecule has 2 aromatic carbocycles. The lowest BCUT2D eigenvalue weighted by Crippen LogP contribution is -2.30. The Morgan fingerprint density at radius 2 is 2.13 bits per heavy atom. The van der Waals surface area contributed by atoms with Crippen LogP contribution in [-0.4, -0.2) is 39.5 Å². The summed E-state index contributed by atoms with van der Waals surface area (Å²) in [6.07, 6.45) is 0. The monoisotopic (exact) mass is 418 g/mol. The highest BCUT2D eigenvalue weighted by atomic mass is 31.1. The Bertz CT molecular complexity index is 1290. The van der Waals surface area contributed by atoms with E-state index in [2.05, 4.69) is 17.7 Å². The molecule has 3 aromatic rings. The molecule has 30 heavy (non-hydrogen) atoms. The molecule has 4 rings (SSSR count). The summed E-state index contributed by atoms with van der Waals surface area (Å²) in [6.45, 7) is 5.97. The molecule has 1 aromatic heterocycles. The summed E-state index contributed by atoms with van der Waals surface area (Å²) in [7, 11) is 0.404. The lowest BCUT2D eigenvalue weighted by atomic mass is 9.95. The fraction of sp³-hybridized carbons (Fsp3) is 0.143. The van der Waals surface area contributed by atoms with Crippen LogP contribution in [0.1, 0.15) is 21.6 Å². The second-order valence-electron chi connectivity index (χ2n) is 7.01. The minimum atomic E-state index is -0.643. The molecule has 8 nitrogen and oxygen atoms in total. The van der Waals surface area contributed by atoms with Gasteiger partial charge in [-0.15, -0.1) is 0 Å². The molecule has 2 heterocycles. The number of nitrogens with two attached hydrogens (primary N) is 2. The van der Waals surface area contributed by atoms with Crippen molar-refractivity contribution in [1.82, 2.24) is 14.5 Å². The molecule has 1 aliphatic heterocycles. The van der Waals surface area contributed by atoms with Gasteiger partial charge in [-0.1, -0.05) is 18.7 Å². The maximum Gasteiger partial charge on any atom is 0.256 e. The van der Waals surface area contributed by atoms with Crippen molar-refractivity contribution < 1.29 is 9.59 Å². The second-order valence-corrected chi connectivity index (χ2v) is 7.88. The largest absolute Gasteiger partial charge is 0.398 e. The molecule has 0 bridgehead atoms. The number of nitrogens with zero attached hydrogens (tertiary/aromatic N) is 4. The molecule has 0 spiro atoms. The number of benzene rings is 2. The van der Waals surface area contributed by atoms with Crippen molar-refractivity contribution in [3.63, 3.8) is 0 Å². The minimum absolute atomic E-state index is 0.0452. The molecular formula is C21H19N6O2P. The first-order chi connectivity index (χ1) is 14.3. The first kappa shape index (κ1) is 19.6. The van der Waals surface area contributed by atoms with E-state index in [1.807, 2.05) is 35.4 Å². The normalized spacial score (nSPS) is 13.2. The van der Waals surface area contributed by atoms with Gasteiger partial charge in [0, 0.05) is 31.9 Å². The van der Waals surface area contributed by atoms with Gasteiger partial charge in [0.05, 0.1) is 17.6 Å². The molecule has 1 unspecified atom stereocenters. The average molecular weight is 418 g/mol. The third kappa shape index (κ3) is 3.00. The third-order valence-electron chi connectivity index (χ3n) is 5.23. The van der Waals surface area contributed by atoms with Crippen molar-refractivity contribution in [2.45, 2.75) is 6.54 Å². The molecule has 0 fully saturated rings. The lowest BCUT2D eigenvalue weighted by Gasteiger charge is -2.15. The number of carbonyl (C=O) groups excluding carboxylic acids is 2. The van der Waals surface area contributed by atoms with Gasteiger partial charge in [0.2, 0.25) is 5.91 Å². The highest BCUT2D eigenvalue weighted by Crippen LogP contribution is 2.38. The molecule has 0 aliphatic carbocycles. The summed E-state index contributed by atoms with van der Waals surface area (Å²) in [5.74, 6) is -0.902. The van der Waals surface area contributed by atoms with Crippen LogP contribution < -0.4 is 11.5 Å². The van der Waals surface area contributed by atoms with Crippen molar-refractivity contribution in [3.05, 3.63) is 59.3 Å². The Morgan fingerprint density at radius 3 is 2.80 bits per heavy atom. The van der Waals surface area contributed by atoms with Gasteiger partial charge >= 0.3 is 0 Å². The average Bonchev–Trinajstić information content (AvgIpc) is 3.25. The van der Waals surface area contributed by atoms with E-state index in [0.29, 0.717) is 32.2 Å². The SMILES string of the molecule is C=C(CN1Cc2c(-c3ccc4c(c3)c(C#N)nn4PC)ccc(N)c2C1=O)C(N)=O. The van der Waals surface area contributed by atoms with Gasteiger partial charge in [0.25, 0.3) is 5.91 Å². The molecule has 0 radical (unpaired) electrons. The topological polar surface area (TPSA) is 131 Å². The number of aromatic nitrogens is 2. The molecule has 150 valence electrons. The number of hydrogen-bond acceptors (Lipinski definition) is 5. The standard InChI is InChI=1S/C21H19N6O2P/c1-11(20(24)28)9-26-10-15-13(4-5-16(23)19(15)21(26)29)12-3-6-18-14(7-12)17(8-22)25-27(18)30-2/h3-7,30H,1,9-10,23H2,2H3,(H2,24,28). The fourth-order valence-corrected chi connectivity index (χ4v) is 4.38. The Morgan fingerprint density at radius 1 is 1.37 bits per heavy atom. The number of nitrogen functional groups attached to an aromatic ring is 1. The Balaban J connectivity index is 1.82. The van der Waals surface area contributed by atoms with Crippen molar-refractivity contribution in [2.75, 3.05) is 18.9 Å². The van der Waals surface area contributed by atoms with Gasteiger partial charge in [-0.25, -0.2) is 4.45 Å². The number of carbonyl (C=O) groups is 2. The van der Waals surface area contributed by atoms with Crippen LogP contribution >= 0.6 is 8.73 Å². The predicted octanol–water partition coefficient (Wildman–Crippen LogP) is 2.23. The van der Waals surface area contributed by atoms with Crippen LogP contribution in [0.4, 0.5) is 5.69 Å². The molecule has 9 heteroatoms. The van der Waals surface area contributed by atoms with Crippen LogP contribution in [0.15, 0.2) is 42.5 Å². The van der Waals surface area contributed by atoms with E-state index in [-0.39, 0.29) is 18.0 Å². The molecular weight excluding hydrogens is 399 g/mol. The van der Waals surface area contributed by atoms with Gasteiger partial charge < -0.3 is 16.4 Å². The molecule has 0 saturated carbocycles. The Kier molecular flexibility index (Phi) is 4.76. The minimum Gasteiger partial charge on any atom is -0.398 e. The van der Waals surface area contributed by atoms with Gasteiger partial charge in [0.15, 0.2) is 5.69 Å². The maximum atomic E-state index is 12.9. The van der Waals surface area contributed by atoms with Crippen molar-refractivity contribution in [2.24, 2.45) is 5.73 Å². The van der Waals surface area contributed by atoms with E-state index in [1.54, 1.807) is 6.07 Å². The zero-order chi connectivity index (χ0) is 21.6. The van der Waals surface area contributed by atoms with E-state index in [0.717, 1.165) is 27.6 Å². The first-order valence-electron chi connectivity index (χ1n) is 9.15. The van der Waals surface area contributed by atoms with Gasteiger partial charge in [-0.3, -0.25) is 9.59 Å². The zero-order valence-electron chi connectivity index (χ0n) is 16.3. The Labute approximate surface area is 174 Å². The van der Waals surface area contributed by atoms with Crippen LogP contribution in [0.25, 0.3) is 22.0 Å². The number of primary amides is 1. The molecule has 0 saturated heterocycles. The number of rotatable bonds is 5. The van der Waals surface area contributed by atoms with Crippen molar-refractivity contribution in [1.29, 1.82) is 5.26 Å². The lowest BCUT2D eigenvalue weighted by molar-refractivity contribution is -0.114. The second kappa shape index (κ2) is 7.29. The van der Waals surface area contributed by atoms with Gasteiger partial charge in [-0.05, 0) is 41.6 Å². The summed E-state index contributed by atoms with van der Waals surface area (Å²) in [5.41, 5.74) is 16.1. The van der Waals surface area contributed by atoms with E-state index < -0.39 is 5.91 Å². The van der Waals surface area contributed by atoms with Crippen molar-refractivity contribution >= 4 is 37.1 Å². The number of nitriles is 1. The molecule has 1 atom stereocenters. The van der Waals surface area contributed by atoms with Gasteiger partial charge in [0.1, 0.15) is 6.07 Å². The fourth-order valence-electron chi connectivity index (χ4n) is 3.75. The zero-order valence-corrected chi connectivity index (χ0v) is 17.3. The van der Waals surface area contributed by atoms with E-state index in [1.165, 1.54) is 4.90 Å². The van der Waals surface area contributed by atoms with E-state index in [9.17, 15) is 14.9 Å². The summed E-state index contributed by atoms with van der Waals surface area (Å²) in [4.78, 5) is 25.8. The van der Waals surface area contributed by atoms with Crippen LogP contribution in [0.3, 0.4) is 0 Å². The quantitative estimate of drug-likeness (QED) is 0.373. The van der Waals surface area contributed by atoms with Crippen LogP contribution in [0.5, 0.6) is 0 Å². The van der Waals surface area contributed by atoms with Crippen LogP contribution in [0.2, 0.25) is 0 Å². The summed E-state index contributed by atoms with van der Waals surface area (Å²) >= 11 is 0. The third-order valence-corrected chi connectivity index (χ3v) is 6.00. The number of anilines is 1. The predicted molar refractivity (Wildman–Crippen MR) is 117 cm³/mol. The van der Waals surface area contributed by atoms with Crippen LogP contribution in [-0.2, 0) is 11.3 Å². The van der Waals surface area contributed by atoms with Crippen LogP contribution in [0, 0.1) is 11.3 Å². The highest BCUT2D eigenvalue weighted by Gasteiger charge is 2.32. The summed E-state index contributed by atoms with van der Waals surface area (Å²) in [5, 5.41) is 14.6. The maximum absolute atomic E-state index is 12.9.